The minimum absolute atomic E-state index is 0.0570. The number of urea groups is 1. The van der Waals surface area contributed by atoms with Crippen LogP contribution in [0, 0.1) is 0 Å². The lowest BCUT2D eigenvalue weighted by Crippen LogP contribution is -2.47. The largest absolute Gasteiger partial charge is 0.491 e. The van der Waals surface area contributed by atoms with E-state index < -0.39 is 17.8 Å². The summed E-state index contributed by atoms with van der Waals surface area (Å²) in [6, 6.07) is 4.13. The van der Waals surface area contributed by atoms with Crippen molar-refractivity contribution in [3.05, 3.63) is 29.8 Å². The molecule has 0 saturated carbocycles. The molecule has 0 aliphatic carbocycles. The van der Waals surface area contributed by atoms with Gasteiger partial charge in [0.1, 0.15) is 18.5 Å². The van der Waals surface area contributed by atoms with Crippen LogP contribution in [-0.2, 0) is 10.9 Å². The lowest BCUT2D eigenvalue weighted by atomic mass is 10.2. The molecule has 0 unspecified atom stereocenters. The van der Waals surface area contributed by atoms with E-state index in [1.807, 2.05) is 0 Å². The number of hydrogen-bond acceptors (Lipinski definition) is 5. The van der Waals surface area contributed by atoms with Crippen molar-refractivity contribution < 1.29 is 32.5 Å². The van der Waals surface area contributed by atoms with Crippen LogP contribution in [0.1, 0.15) is 5.56 Å². The van der Waals surface area contributed by atoms with Gasteiger partial charge in [0.15, 0.2) is 0 Å². The molecule has 1 aromatic carbocycles. The van der Waals surface area contributed by atoms with Crippen LogP contribution in [0.25, 0.3) is 0 Å². The van der Waals surface area contributed by atoms with Crippen molar-refractivity contribution in [3.63, 3.8) is 0 Å². The van der Waals surface area contributed by atoms with Crippen molar-refractivity contribution >= 4 is 6.03 Å². The molecule has 152 valence electrons. The predicted octanol–water partition coefficient (Wildman–Crippen LogP) is 1.08. The summed E-state index contributed by atoms with van der Waals surface area (Å²) in [5.74, 6) is 0.250. The van der Waals surface area contributed by atoms with E-state index in [-0.39, 0.29) is 24.9 Å². The van der Waals surface area contributed by atoms with Crippen LogP contribution < -0.4 is 15.4 Å². The number of morpholine rings is 1. The molecule has 1 heterocycles. The molecule has 1 aromatic rings. The Balaban J connectivity index is 1.55. The Labute approximate surface area is 155 Å². The first kappa shape index (κ1) is 21.3. The molecule has 0 spiro atoms. The Hall–Kier alpha value is -2.04. The van der Waals surface area contributed by atoms with Crippen LogP contribution >= 0.6 is 0 Å². The fraction of sp³-hybridized carbons (Fsp3) is 0.588. The number of halogens is 3. The van der Waals surface area contributed by atoms with E-state index in [9.17, 15) is 23.1 Å². The maximum atomic E-state index is 12.5. The van der Waals surface area contributed by atoms with E-state index in [4.69, 9.17) is 9.47 Å². The van der Waals surface area contributed by atoms with Crippen LogP contribution in [-0.4, -0.2) is 74.7 Å². The third-order valence-electron chi connectivity index (χ3n) is 3.88. The molecule has 0 bridgehead atoms. The highest BCUT2D eigenvalue weighted by molar-refractivity contribution is 5.74. The number of aliphatic hydroxyl groups is 1. The van der Waals surface area contributed by atoms with E-state index in [1.54, 1.807) is 4.90 Å². The third kappa shape index (κ3) is 7.61. The number of nitrogens with zero attached hydrogens (tertiary/aromatic N) is 1. The molecule has 27 heavy (non-hydrogen) atoms. The van der Waals surface area contributed by atoms with Gasteiger partial charge in [-0.15, -0.1) is 0 Å². The molecule has 1 saturated heterocycles. The SMILES string of the molecule is O=C(NCCNC[C@H](O)COc1ccc(C(F)(F)F)cc1)N1CCOCC1. The first-order valence-corrected chi connectivity index (χ1v) is 8.65. The van der Waals surface area contributed by atoms with Crippen molar-refractivity contribution in [3.8, 4) is 5.75 Å². The average molecular weight is 391 g/mol. The second kappa shape index (κ2) is 10.3. The zero-order valence-electron chi connectivity index (χ0n) is 14.8. The number of rotatable bonds is 8. The summed E-state index contributed by atoms with van der Waals surface area (Å²) in [4.78, 5) is 13.5. The van der Waals surface area contributed by atoms with Gasteiger partial charge in [-0.25, -0.2) is 4.79 Å². The second-order valence-electron chi connectivity index (χ2n) is 6.02. The van der Waals surface area contributed by atoms with Crippen molar-refractivity contribution in [2.24, 2.45) is 0 Å². The van der Waals surface area contributed by atoms with Crippen LogP contribution in [0.5, 0.6) is 5.75 Å². The summed E-state index contributed by atoms with van der Waals surface area (Å²) in [5, 5.41) is 15.6. The van der Waals surface area contributed by atoms with Gasteiger partial charge in [0.2, 0.25) is 0 Å². The first-order chi connectivity index (χ1) is 12.9. The van der Waals surface area contributed by atoms with Crippen molar-refractivity contribution in [2.75, 3.05) is 52.5 Å². The fourth-order valence-electron chi connectivity index (χ4n) is 2.40. The van der Waals surface area contributed by atoms with E-state index in [0.717, 1.165) is 12.1 Å². The summed E-state index contributed by atoms with van der Waals surface area (Å²) in [6.07, 6.45) is -5.22. The number of carbonyl (C=O) groups excluding carboxylic acids is 1. The summed E-state index contributed by atoms with van der Waals surface area (Å²) < 4.78 is 47.8. The topological polar surface area (TPSA) is 83.1 Å². The van der Waals surface area contributed by atoms with Gasteiger partial charge < -0.3 is 30.1 Å². The summed E-state index contributed by atoms with van der Waals surface area (Å²) >= 11 is 0. The number of aliphatic hydroxyl groups excluding tert-OH is 1. The molecule has 2 rings (SSSR count). The molecule has 1 aliphatic heterocycles. The third-order valence-corrected chi connectivity index (χ3v) is 3.88. The molecule has 3 N–H and O–H groups in total. The number of nitrogens with one attached hydrogen (secondary N) is 2. The molecule has 7 nitrogen and oxygen atoms in total. The highest BCUT2D eigenvalue weighted by Gasteiger charge is 2.30. The quantitative estimate of drug-likeness (QED) is 0.578. The zero-order chi connectivity index (χ0) is 19.7. The smallest absolute Gasteiger partial charge is 0.416 e. The van der Waals surface area contributed by atoms with E-state index in [2.05, 4.69) is 10.6 Å². The number of hydrogen-bond donors (Lipinski definition) is 3. The summed E-state index contributed by atoms with van der Waals surface area (Å²) in [5.41, 5.74) is -0.754. The lowest BCUT2D eigenvalue weighted by molar-refractivity contribution is -0.137. The van der Waals surface area contributed by atoms with E-state index in [0.29, 0.717) is 39.4 Å². The van der Waals surface area contributed by atoms with Crippen LogP contribution in [0.4, 0.5) is 18.0 Å². The monoisotopic (exact) mass is 391 g/mol. The van der Waals surface area contributed by atoms with E-state index in [1.165, 1.54) is 12.1 Å². The molecule has 0 aromatic heterocycles. The fourth-order valence-corrected chi connectivity index (χ4v) is 2.40. The molecule has 0 radical (unpaired) electrons. The van der Waals surface area contributed by atoms with Gasteiger partial charge in [0.25, 0.3) is 0 Å². The predicted molar refractivity (Wildman–Crippen MR) is 91.6 cm³/mol. The Morgan fingerprint density at radius 2 is 1.89 bits per heavy atom. The number of benzene rings is 1. The van der Waals surface area contributed by atoms with Crippen LogP contribution in [0.3, 0.4) is 0 Å². The molecular weight excluding hydrogens is 367 g/mol. The Kier molecular flexibility index (Phi) is 8.14. The summed E-state index contributed by atoms with van der Waals surface area (Å²) in [7, 11) is 0. The summed E-state index contributed by atoms with van der Waals surface area (Å²) in [6.45, 7) is 3.26. The number of amides is 2. The van der Waals surface area contributed by atoms with Gasteiger partial charge in [-0.3, -0.25) is 0 Å². The first-order valence-electron chi connectivity index (χ1n) is 8.65. The molecule has 10 heteroatoms. The van der Waals surface area contributed by atoms with Crippen molar-refractivity contribution in [1.82, 2.24) is 15.5 Å². The van der Waals surface area contributed by atoms with Crippen molar-refractivity contribution in [1.29, 1.82) is 0 Å². The number of carbonyl (C=O) groups is 1. The minimum atomic E-state index is -4.39. The molecule has 1 atom stereocenters. The highest BCUT2D eigenvalue weighted by Crippen LogP contribution is 2.30. The van der Waals surface area contributed by atoms with Gasteiger partial charge >= 0.3 is 12.2 Å². The Bertz CT molecular complexity index is 578. The minimum Gasteiger partial charge on any atom is -0.491 e. The molecule has 1 fully saturated rings. The highest BCUT2D eigenvalue weighted by atomic mass is 19.4. The van der Waals surface area contributed by atoms with Gasteiger partial charge in [-0.1, -0.05) is 0 Å². The molecular formula is C17H24F3N3O4. The van der Waals surface area contributed by atoms with Crippen LogP contribution in [0.15, 0.2) is 24.3 Å². The standard InChI is InChI=1S/C17H24F3N3O4/c18-17(19,20)13-1-3-15(4-2-13)27-12-14(24)11-21-5-6-22-16(25)23-7-9-26-10-8-23/h1-4,14,21,24H,5-12H2,(H,22,25)/t14-/m0/s1. The van der Waals surface area contributed by atoms with Gasteiger partial charge in [-0.2, -0.15) is 13.2 Å². The van der Waals surface area contributed by atoms with Gasteiger partial charge in [0, 0.05) is 32.7 Å². The Morgan fingerprint density at radius 3 is 2.52 bits per heavy atom. The Morgan fingerprint density at radius 1 is 1.22 bits per heavy atom. The van der Waals surface area contributed by atoms with Crippen molar-refractivity contribution in [2.45, 2.75) is 12.3 Å². The molecule has 1 aliphatic rings. The van der Waals surface area contributed by atoms with E-state index >= 15 is 0 Å². The second-order valence-corrected chi connectivity index (χ2v) is 6.02. The average Bonchev–Trinajstić information content (AvgIpc) is 2.66. The number of alkyl halides is 3. The normalized spacial score (nSPS) is 16.1. The lowest BCUT2D eigenvalue weighted by Gasteiger charge is -2.27. The van der Waals surface area contributed by atoms with Gasteiger partial charge in [0.05, 0.1) is 18.8 Å². The van der Waals surface area contributed by atoms with Crippen LogP contribution in [0.2, 0.25) is 0 Å². The van der Waals surface area contributed by atoms with Gasteiger partial charge in [-0.05, 0) is 24.3 Å². The number of ether oxygens (including phenoxy) is 2. The molecule has 2 amide bonds. The maximum absolute atomic E-state index is 12.5. The zero-order valence-corrected chi connectivity index (χ0v) is 14.8. The maximum Gasteiger partial charge on any atom is 0.416 e.